The molecular weight excluding hydrogens is 318 g/mol. The van der Waals surface area contributed by atoms with Gasteiger partial charge in [-0.05, 0) is 35.7 Å². The molecule has 1 aliphatic carbocycles. The maximum absolute atomic E-state index is 13.0. The number of fused-ring (bicyclic) bond motifs is 1. The lowest BCUT2D eigenvalue weighted by Gasteiger charge is -2.27. The van der Waals surface area contributed by atoms with E-state index in [2.05, 4.69) is 10.6 Å². The van der Waals surface area contributed by atoms with Gasteiger partial charge >= 0.3 is 0 Å². The zero-order chi connectivity index (χ0) is 17.4. The van der Waals surface area contributed by atoms with Gasteiger partial charge in [0, 0.05) is 19.0 Å². The van der Waals surface area contributed by atoms with E-state index in [0.717, 1.165) is 23.6 Å². The monoisotopic (exact) mass is 337 g/mol. The fourth-order valence-corrected chi connectivity index (χ4v) is 3.08. The number of benzene rings is 2. The molecule has 4 rings (SSSR count). The van der Waals surface area contributed by atoms with Crippen molar-refractivity contribution in [1.82, 2.24) is 10.2 Å². The first-order chi connectivity index (χ1) is 12.1. The van der Waals surface area contributed by atoms with E-state index >= 15 is 0 Å². The first kappa shape index (κ1) is 15.6. The summed E-state index contributed by atoms with van der Waals surface area (Å²) >= 11 is 0. The van der Waals surface area contributed by atoms with Gasteiger partial charge in [0.15, 0.2) is 0 Å². The van der Waals surface area contributed by atoms with Crippen LogP contribution in [0, 0.1) is 5.92 Å². The summed E-state index contributed by atoms with van der Waals surface area (Å²) in [4.78, 5) is 38.3. The summed E-state index contributed by atoms with van der Waals surface area (Å²) < 4.78 is 0. The van der Waals surface area contributed by atoms with Crippen LogP contribution in [-0.4, -0.2) is 42.3 Å². The Balaban J connectivity index is 1.72. The molecule has 25 heavy (non-hydrogen) atoms. The third kappa shape index (κ3) is 3.20. The van der Waals surface area contributed by atoms with Crippen molar-refractivity contribution in [3.8, 4) is 0 Å². The molecular formula is C19H19N3O3. The second-order valence-corrected chi connectivity index (χ2v) is 6.59. The number of amides is 3. The molecule has 2 aromatic carbocycles. The van der Waals surface area contributed by atoms with Crippen molar-refractivity contribution in [1.29, 1.82) is 0 Å². The molecule has 1 heterocycles. The van der Waals surface area contributed by atoms with E-state index in [1.807, 2.05) is 30.3 Å². The molecule has 0 radical (unpaired) electrons. The van der Waals surface area contributed by atoms with Crippen molar-refractivity contribution in [2.45, 2.75) is 12.8 Å². The summed E-state index contributed by atoms with van der Waals surface area (Å²) in [7, 11) is 0. The van der Waals surface area contributed by atoms with E-state index in [1.54, 1.807) is 6.07 Å². The van der Waals surface area contributed by atoms with E-state index in [9.17, 15) is 14.4 Å². The van der Waals surface area contributed by atoms with Gasteiger partial charge in [-0.2, -0.15) is 0 Å². The number of piperazine rings is 1. The number of hydrogen-bond donors (Lipinski definition) is 2. The number of anilines is 1. The molecule has 3 amide bonds. The van der Waals surface area contributed by atoms with Crippen molar-refractivity contribution >= 4 is 34.2 Å². The lowest BCUT2D eigenvalue weighted by atomic mass is 10.0. The van der Waals surface area contributed by atoms with Gasteiger partial charge in [-0.25, -0.2) is 0 Å². The summed E-state index contributed by atoms with van der Waals surface area (Å²) in [5.74, 6) is -0.383. The Bertz CT molecular complexity index is 873. The predicted octanol–water partition coefficient (Wildman–Crippen LogP) is 1.76. The van der Waals surface area contributed by atoms with Gasteiger partial charge in [0.1, 0.15) is 0 Å². The normalized spacial score (nSPS) is 17.3. The van der Waals surface area contributed by atoms with Crippen LogP contribution >= 0.6 is 0 Å². The molecule has 0 unspecified atom stereocenters. The lowest BCUT2D eigenvalue weighted by Crippen LogP contribution is -2.50. The molecule has 128 valence electrons. The quantitative estimate of drug-likeness (QED) is 0.896. The highest BCUT2D eigenvalue weighted by Crippen LogP contribution is 2.32. The molecule has 2 fully saturated rings. The smallest absolute Gasteiger partial charge is 0.256 e. The average molecular weight is 337 g/mol. The van der Waals surface area contributed by atoms with Crippen LogP contribution in [0.1, 0.15) is 23.2 Å². The van der Waals surface area contributed by atoms with Gasteiger partial charge in [0.05, 0.1) is 17.8 Å². The van der Waals surface area contributed by atoms with E-state index < -0.39 is 0 Å². The average Bonchev–Trinajstić information content (AvgIpc) is 3.46. The Morgan fingerprint density at radius 1 is 1.12 bits per heavy atom. The molecule has 1 aliphatic heterocycles. The van der Waals surface area contributed by atoms with Gasteiger partial charge in [0.2, 0.25) is 11.8 Å². The van der Waals surface area contributed by atoms with E-state index in [0.29, 0.717) is 24.3 Å². The van der Waals surface area contributed by atoms with Crippen molar-refractivity contribution in [3.63, 3.8) is 0 Å². The molecule has 2 aliphatic rings. The first-order valence-corrected chi connectivity index (χ1v) is 8.51. The van der Waals surface area contributed by atoms with Crippen molar-refractivity contribution < 1.29 is 14.4 Å². The zero-order valence-electron chi connectivity index (χ0n) is 13.7. The largest absolute Gasteiger partial charge is 0.353 e. The molecule has 1 saturated carbocycles. The Morgan fingerprint density at radius 3 is 2.52 bits per heavy atom. The Morgan fingerprint density at radius 2 is 1.84 bits per heavy atom. The first-order valence-electron chi connectivity index (χ1n) is 8.51. The van der Waals surface area contributed by atoms with Crippen LogP contribution in [0.25, 0.3) is 10.8 Å². The highest BCUT2D eigenvalue weighted by atomic mass is 16.2. The fourth-order valence-electron chi connectivity index (χ4n) is 3.08. The zero-order valence-corrected chi connectivity index (χ0v) is 13.7. The second kappa shape index (κ2) is 6.20. The van der Waals surface area contributed by atoms with Gasteiger partial charge < -0.3 is 15.5 Å². The lowest BCUT2D eigenvalue weighted by molar-refractivity contribution is -0.123. The predicted molar refractivity (Wildman–Crippen MR) is 94.2 cm³/mol. The van der Waals surface area contributed by atoms with Crippen LogP contribution < -0.4 is 10.6 Å². The van der Waals surface area contributed by atoms with Crippen molar-refractivity contribution in [2.75, 3.05) is 25.0 Å². The summed E-state index contributed by atoms with van der Waals surface area (Å²) in [6, 6.07) is 11.4. The Labute approximate surface area is 145 Å². The minimum Gasteiger partial charge on any atom is -0.353 e. The maximum atomic E-state index is 13.0. The fraction of sp³-hybridized carbons (Fsp3) is 0.316. The van der Waals surface area contributed by atoms with Crippen LogP contribution in [0.4, 0.5) is 5.69 Å². The topological polar surface area (TPSA) is 78.5 Å². The van der Waals surface area contributed by atoms with Crippen molar-refractivity contribution in [3.05, 3.63) is 42.0 Å². The van der Waals surface area contributed by atoms with Crippen LogP contribution in [0.2, 0.25) is 0 Å². The van der Waals surface area contributed by atoms with Gasteiger partial charge in [-0.1, -0.05) is 24.3 Å². The van der Waals surface area contributed by atoms with E-state index in [4.69, 9.17) is 0 Å². The summed E-state index contributed by atoms with van der Waals surface area (Å²) in [6.45, 7) is 0.955. The minimum absolute atomic E-state index is 0.0410. The molecule has 0 aromatic heterocycles. The number of nitrogens with one attached hydrogen (secondary N) is 2. The molecule has 6 heteroatoms. The van der Waals surface area contributed by atoms with Crippen LogP contribution in [0.5, 0.6) is 0 Å². The number of nitrogens with zero attached hydrogens (tertiary/aromatic N) is 1. The second-order valence-electron chi connectivity index (χ2n) is 6.59. The van der Waals surface area contributed by atoms with Crippen LogP contribution in [0.15, 0.2) is 36.4 Å². The molecule has 6 nitrogen and oxygen atoms in total. The third-order valence-corrected chi connectivity index (χ3v) is 4.65. The maximum Gasteiger partial charge on any atom is 0.256 e. The SMILES string of the molecule is O=C1CN(C(=O)c2cc3ccccc3cc2NC(=O)C2CC2)CCN1. The van der Waals surface area contributed by atoms with Crippen LogP contribution in [0.3, 0.4) is 0 Å². The van der Waals surface area contributed by atoms with Crippen LogP contribution in [-0.2, 0) is 9.59 Å². The van der Waals surface area contributed by atoms with Gasteiger partial charge in [-0.15, -0.1) is 0 Å². The standard InChI is InChI=1S/C19H19N3O3/c23-17-11-22(8-7-20-17)19(25)15-9-13-3-1-2-4-14(13)10-16(15)21-18(24)12-5-6-12/h1-4,9-10,12H,5-8,11H2,(H,20,23)(H,21,24). The van der Waals surface area contributed by atoms with E-state index in [-0.39, 0.29) is 30.2 Å². The van der Waals surface area contributed by atoms with Crippen molar-refractivity contribution in [2.24, 2.45) is 5.92 Å². The summed E-state index contributed by atoms with van der Waals surface area (Å²) in [5, 5.41) is 7.51. The molecule has 0 atom stereocenters. The third-order valence-electron chi connectivity index (χ3n) is 4.65. The number of rotatable bonds is 3. The number of carbonyl (C=O) groups is 3. The minimum atomic E-state index is -0.230. The van der Waals surface area contributed by atoms with E-state index in [1.165, 1.54) is 4.90 Å². The summed E-state index contributed by atoms with van der Waals surface area (Å²) in [6.07, 6.45) is 1.80. The highest BCUT2D eigenvalue weighted by Gasteiger charge is 2.31. The highest BCUT2D eigenvalue weighted by molar-refractivity contribution is 6.09. The Kier molecular flexibility index (Phi) is 3.87. The van der Waals surface area contributed by atoms with Gasteiger partial charge in [-0.3, -0.25) is 14.4 Å². The molecule has 0 spiro atoms. The summed E-state index contributed by atoms with van der Waals surface area (Å²) in [5.41, 5.74) is 0.953. The molecule has 2 aromatic rings. The Hall–Kier alpha value is -2.89. The number of hydrogen-bond acceptors (Lipinski definition) is 3. The molecule has 2 N–H and O–H groups in total. The molecule has 0 bridgehead atoms. The number of carbonyl (C=O) groups excluding carboxylic acids is 3. The van der Waals surface area contributed by atoms with Gasteiger partial charge in [0.25, 0.3) is 5.91 Å². The molecule has 1 saturated heterocycles.